The zero-order chi connectivity index (χ0) is 30.1. The summed E-state index contributed by atoms with van der Waals surface area (Å²) in [5, 5.41) is 14.1. The molecule has 2 aliphatic carbocycles. The lowest BCUT2D eigenvalue weighted by Gasteiger charge is -2.35. The molecule has 0 aliphatic heterocycles. The third-order valence-corrected chi connectivity index (χ3v) is 16.2. The van der Waals surface area contributed by atoms with E-state index in [0.29, 0.717) is 12.1 Å². The summed E-state index contributed by atoms with van der Waals surface area (Å²) in [6.07, 6.45) is 8.07. The third kappa shape index (κ3) is 7.54. The van der Waals surface area contributed by atoms with Gasteiger partial charge in [-0.1, -0.05) is 134 Å². The lowest BCUT2D eigenvalue weighted by molar-refractivity contribution is 0.358. The largest absolute Gasteiger partial charge is 0.313 e. The van der Waals surface area contributed by atoms with Crippen molar-refractivity contribution in [2.45, 2.75) is 75.8 Å². The molecule has 2 saturated carbocycles. The van der Waals surface area contributed by atoms with Crippen LogP contribution in [0.15, 0.2) is 121 Å². The molecule has 0 heterocycles. The second kappa shape index (κ2) is 15.8. The zero-order valence-electron chi connectivity index (χ0n) is 26.6. The van der Waals surface area contributed by atoms with E-state index in [0.717, 1.165) is 36.2 Å². The van der Waals surface area contributed by atoms with Crippen molar-refractivity contribution in [2.24, 2.45) is 11.8 Å². The molecule has 2 fully saturated rings. The van der Waals surface area contributed by atoms with Crippen LogP contribution in [0.1, 0.15) is 52.4 Å². The van der Waals surface area contributed by atoms with E-state index in [2.05, 4.69) is 146 Å². The average Bonchev–Trinajstić information content (AvgIpc) is 3.76. The number of rotatable bonds is 13. The molecule has 4 unspecified atom stereocenters. The first kappa shape index (κ1) is 31.6. The maximum atomic E-state index is 4.00. The van der Waals surface area contributed by atoms with Crippen molar-refractivity contribution in [3.8, 4) is 0 Å². The van der Waals surface area contributed by atoms with Gasteiger partial charge in [-0.2, -0.15) is 0 Å². The van der Waals surface area contributed by atoms with E-state index in [9.17, 15) is 0 Å². The minimum Gasteiger partial charge on any atom is -0.313 e. The van der Waals surface area contributed by atoms with Gasteiger partial charge in [0.15, 0.2) is 0 Å². The first-order valence-corrected chi connectivity index (χ1v) is 19.8. The highest BCUT2D eigenvalue weighted by molar-refractivity contribution is 7.74. The van der Waals surface area contributed by atoms with Crippen LogP contribution in [-0.2, 0) is 0 Å². The lowest BCUT2D eigenvalue weighted by Crippen LogP contribution is -2.44. The molecule has 6 rings (SSSR count). The van der Waals surface area contributed by atoms with E-state index < -0.39 is 0 Å². The topological polar surface area (TPSA) is 24.1 Å². The molecule has 0 aromatic heterocycles. The number of nitrogens with one attached hydrogen (secondary N) is 2. The van der Waals surface area contributed by atoms with Crippen LogP contribution in [0.2, 0.25) is 0 Å². The standard InChI is InChI=1S/C40H50N2P2/c1-31(37-25-15-27-39(37)43(33-17-7-3-8-18-33)34-19-9-4-10-20-34)41-29-30-42-32(2)38-26-16-28-40(38)44(35-21-11-5-12-22-35)36-23-13-6-14-24-36/h3-14,17-24,31-32,37-42H,15-16,25-30H2,1-2H3/t31-,32-,37?,38?,39?,40?/m0/s1. The quantitative estimate of drug-likeness (QED) is 0.119. The Labute approximate surface area is 269 Å². The van der Waals surface area contributed by atoms with Gasteiger partial charge in [-0.25, -0.2) is 0 Å². The van der Waals surface area contributed by atoms with Crippen molar-refractivity contribution >= 4 is 37.1 Å². The maximum Gasteiger partial charge on any atom is 0.00794 e. The van der Waals surface area contributed by atoms with Crippen LogP contribution in [-0.4, -0.2) is 36.5 Å². The molecule has 0 radical (unpaired) electrons. The highest BCUT2D eigenvalue weighted by atomic mass is 31.1. The van der Waals surface area contributed by atoms with Crippen LogP contribution in [0.5, 0.6) is 0 Å². The van der Waals surface area contributed by atoms with Crippen LogP contribution in [0.25, 0.3) is 0 Å². The summed E-state index contributed by atoms with van der Waals surface area (Å²) in [7, 11) is -0.726. The molecule has 0 bridgehead atoms. The van der Waals surface area contributed by atoms with Crippen molar-refractivity contribution in [2.75, 3.05) is 13.1 Å². The molecule has 0 amide bonds. The average molecular weight is 621 g/mol. The Morgan fingerprint density at radius 2 is 0.773 bits per heavy atom. The van der Waals surface area contributed by atoms with E-state index in [-0.39, 0.29) is 15.8 Å². The highest BCUT2D eigenvalue weighted by Crippen LogP contribution is 2.52. The van der Waals surface area contributed by atoms with Gasteiger partial charge in [0.1, 0.15) is 0 Å². The van der Waals surface area contributed by atoms with Crippen LogP contribution < -0.4 is 31.9 Å². The third-order valence-electron chi connectivity index (χ3n) is 10.2. The highest BCUT2D eigenvalue weighted by Gasteiger charge is 2.39. The minimum absolute atomic E-state index is 0.363. The summed E-state index contributed by atoms with van der Waals surface area (Å²) in [4.78, 5) is 0. The van der Waals surface area contributed by atoms with Gasteiger partial charge in [-0.3, -0.25) is 0 Å². The molecule has 2 N–H and O–H groups in total. The minimum atomic E-state index is -0.363. The molecule has 2 aliphatic rings. The summed E-state index contributed by atoms with van der Waals surface area (Å²) >= 11 is 0. The van der Waals surface area contributed by atoms with Crippen molar-refractivity contribution in [1.29, 1.82) is 0 Å². The normalized spacial score (nSPS) is 23.3. The van der Waals surface area contributed by atoms with Gasteiger partial charge in [-0.15, -0.1) is 0 Å². The van der Waals surface area contributed by atoms with Crippen molar-refractivity contribution < 1.29 is 0 Å². The van der Waals surface area contributed by atoms with Crippen molar-refractivity contribution in [3.05, 3.63) is 121 Å². The molecule has 6 atom stereocenters. The smallest absolute Gasteiger partial charge is 0.00794 e. The van der Waals surface area contributed by atoms with Crippen LogP contribution in [0, 0.1) is 11.8 Å². The van der Waals surface area contributed by atoms with Gasteiger partial charge >= 0.3 is 0 Å². The lowest BCUT2D eigenvalue weighted by atomic mass is 9.99. The zero-order valence-corrected chi connectivity index (χ0v) is 28.4. The Hall–Kier alpha value is -2.34. The van der Waals surface area contributed by atoms with E-state index in [1.54, 1.807) is 0 Å². The second-order valence-electron chi connectivity index (χ2n) is 12.9. The van der Waals surface area contributed by atoms with Gasteiger partial charge < -0.3 is 10.6 Å². The maximum absolute atomic E-state index is 4.00. The number of hydrogen-bond acceptors (Lipinski definition) is 2. The Balaban J connectivity index is 1.07. The van der Waals surface area contributed by atoms with Gasteiger partial charge in [0, 0.05) is 25.2 Å². The molecule has 2 nitrogen and oxygen atoms in total. The molecule has 0 saturated heterocycles. The van der Waals surface area contributed by atoms with E-state index in [4.69, 9.17) is 0 Å². The van der Waals surface area contributed by atoms with Crippen LogP contribution >= 0.6 is 15.8 Å². The summed E-state index contributed by atoms with van der Waals surface area (Å²) in [5.41, 5.74) is 1.47. The summed E-state index contributed by atoms with van der Waals surface area (Å²) in [5.74, 6) is 1.44. The summed E-state index contributed by atoms with van der Waals surface area (Å²) in [6.45, 7) is 6.98. The summed E-state index contributed by atoms with van der Waals surface area (Å²) < 4.78 is 0. The molecular weight excluding hydrogens is 570 g/mol. The van der Waals surface area contributed by atoms with Crippen LogP contribution in [0.3, 0.4) is 0 Å². The van der Waals surface area contributed by atoms with E-state index >= 15 is 0 Å². The molecule has 4 aromatic carbocycles. The van der Waals surface area contributed by atoms with Crippen molar-refractivity contribution in [3.63, 3.8) is 0 Å². The predicted molar refractivity (Wildman–Crippen MR) is 195 cm³/mol. The number of benzene rings is 4. The molecule has 4 heteroatoms. The van der Waals surface area contributed by atoms with Crippen LogP contribution in [0.4, 0.5) is 0 Å². The second-order valence-corrected chi connectivity index (χ2v) is 17.8. The van der Waals surface area contributed by atoms with Gasteiger partial charge in [0.25, 0.3) is 0 Å². The molecule has 0 spiro atoms. The first-order valence-electron chi connectivity index (χ1n) is 17.0. The van der Waals surface area contributed by atoms with Gasteiger partial charge in [0.2, 0.25) is 0 Å². The Kier molecular flexibility index (Phi) is 11.3. The fraction of sp³-hybridized carbons (Fsp3) is 0.400. The van der Waals surface area contributed by atoms with Crippen molar-refractivity contribution in [1.82, 2.24) is 10.6 Å². The Morgan fingerprint density at radius 1 is 0.477 bits per heavy atom. The fourth-order valence-electron chi connectivity index (χ4n) is 8.07. The molecular formula is C40H50N2P2. The first-order chi connectivity index (χ1) is 21.7. The fourth-order valence-corrected chi connectivity index (χ4v) is 14.6. The Morgan fingerprint density at radius 3 is 1.07 bits per heavy atom. The van der Waals surface area contributed by atoms with E-state index in [1.807, 2.05) is 0 Å². The van der Waals surface area contributed by atoms with Gasteiger partial charge in [-0.05, 0) is 99.7 Å². The molecule has 230 valence electrons. The molecule has 4 aromatic rings. The van der Waals surface area contributed by atoms with E-state index in [1.165, 1.54) is 59.7 Å². The van der Waals surface area contributed by atoms with Gasteiger partial charge in [0.05, 0.1) is 0 Å². The number of hydrogen-bond donors (Lipinski definition) is 2. The Bertz CT molecular complexity index is 1200. The summed E-state index contributed by atoms with van der Waals surface area (Å²) in [6, 6.07) is 46.5. The molecule has 44 heavy (non-hydrogen) atoms. The monoisotopic (exact) mass is 620 g/mol. The predicted octanol–water partition coefficient (Wildman–Crippen LogP) is 7.55. The SMILES string of the molecule is C[C@H](NCCN[C@@H](C)C1CCCC1P(c1ccccc1)c1ccccc1)C1CCCC1P(c1ccccc1)c1ccccc1.